The lowest BCUT2D eigenvalue weighted by Gasteiger charge is -2.23. The van der Waals surface area contributed by atoms with Crippen molar-refractivity contribution in [2.75, 3.05) is 6.61 Å². The molecule has 3 N–H and O–H groups in total. The van der Waals surface area contributed by atoms with Gasteiger partial charge in [0.2, 0.25) is 5.88 Å². The second-order valence-corrected chi connectivity index (χ2v) is 7.82. The number of carbonyl (C=O) groups excluding carboxylic acids is 2. The first-order valence-corrected chi connectivity index (χ1v) is 10.8. The average molecular weight is 486 g/mol. The fourth-order valence-electron chi connectivity index (χ4n) is 4.05. The quantitative estimate of drug-likeness (QED) is 0.288. The molecule has 0 aliphatic carbocycles. The van der Waals surface area contributed by atoms with Crippen LogP contribution in [0.3, 0.4) is 0 Å². The van der Waals surface area contributed by atoms with Crippen molar-refractivity contribution in [2.24, 2.45) is 5.10 Å². The fraction of sp³-hybridized carbons (Fsp3) is 0.0800. The maximum Gasteiger partial charge on any atom is 0.335 e. The number of nitrogens with zero attached hydrogens (tertiary/aromatic N) is 3. The Bertz CT molecular complexity index is 1700. The molecule has 1 aromatic heterocycles. The van der Waals surface area contributed by atoms with Gasteiger partial charge in [0, 0.05) is 5.39 Å². The van der Waals surface area contributed by atoms with Gasteiger partial charge in [-0.05, 0) is 54.8 Å². The minimum atomic E-state index is -0.972. The normalized spacial score (nSPS) is 13.1. The number of aromatic nitrogens is 2. The van der Waals surface area contributed by atoms with E-state index in [2.05, 4.69) is 10.1 Å². The highest BCUT2D eigenvalue weighted by Crippen LogP contribution is 2.33. The Morgan fingerprint density at radius 1 is 0.972 bits per heavy atom. The maximum atomic E-state index is 13.0. The van der Waals surface area contributed by atoms with E-state index in [-0.39, 0.29) is 22.6 Å². The Kier molecular flexibility index (Phi) is 5.36. The Labute approximate surface area is 202 Å². The van der Waals surface area contributed by atoms with Crippen molar-refractivity contribution in [3.8, 4) is 23.1 Å². The number of H-pyrrole nitrogens is 1. The van der Waals surface area contributed by atoms with Crippen LogP contribution in [0.2, 0.25) is 0 Å². The Morgan fingerprint density at radius 3 is 2.42 bits per heavy atom. The molecule has 3 aromatic carbocycles. The van der Waals surface area contributed by atoms with Gasteiger partial charge >= 0.3 is 5.69 Å². The zero-order valence-electron chi connectivity index (χ0n) is 18.8. The predicted octanol–water partition coefficient (Wildman–Crippen LogP) is 2.12. The topological polar surface area (TPSA) is 154 Å². The molecule has 0 bridgehead atoms. The molecule has 2 heterocycles. The lowest BCUT2D eigenvalue weighted by Crippen LogP contribution is -2.37. The second kappa shape index (κ2) is 8.55. The van der Waals surface area contributed by atoms with Crippen LogP contribution in [0.15, 0.2) is 69.3 Å². The summed E-state index contributed by atoms with van der Waals surface area (Å²) in [6.45, 7) is 2.26. The van der Waals surface area contributed by atoms with E-state index in [1.807, 2.05) is 6.92 Å². The van der Waals surface area contributed by atoms with E-state index in [1.54, 1.807) is 24.3 Å². The predicted molar refractivity (Wildman–Crippen MR) is 129 cm³/mol. The lowest BCUT2D eigenvalue weighted by atomic mass is 9.94. The van der Waals surface area contributed by atoms with Crippen molar-refractivity contribution in [3.63, 3.8) is 0 Å². The van der Waals surface area contributed by atoms with Crippen molar-refractivity contribution in [1.82, 2.24) is 14.6 Å². The van der Waals surface area contributed by atoms with Gasteiger partial charge in [-0.1, -0.05) is 12.1 Å². The third-order valence-corrected chi connectivity index (χ3v) is 5.64. The number of hydrogen-bond donors (Lipinski definition) is 3. The monoisotopic (exact) mass is 486 g/mol. The average Bonchev–Trinajstić information content (AvgIpc) is 2.84. The highest BCUT2D eigenvalue weighted by molar-refractivity contribution is 6.25. The number of rotatable bonds is 5. The number of benzene rings is 3. The number of phenolic OH excluding ortho intramolecular Hbond substituents is 1. The maximum absolute atomic E-state index is 13.0. The van der Waals surface area contributed by atoms with Crippen molar-refractivity contribution in [2.45, 2.75) is 6.92 Å². The van der Waals surface area contributed by atoms with Crippen molar-refractivity contribution in [3.05, 3.63) is 92.1 Å². The van der Waals surface area contributed by atoms with Gasteiger partial charge in [-0.2, -0.15) is 10.1 Å². The molecule has 0 unspecified atom stereocenters. The number of aromatic hydroxyl groups is 2. The van der Waals surface area contributed by atoms with Crippen LogP contribution in [-0.4, -0.2) is 49.4 Å². The lowest BCUT2D eigenvalue weighted by molar-refractivity contribution is 0.0616. The van der Waals surface area contributed by atoms with E-state index >= 15 is 0 Å². The highest BCUT2D eigenvalue weighted by Gasteiger charge is 2.33. The highest BCUT2D eigenvalue weighted by atomic mass is 16.5. The SMILES string of the molecule is CCOc1ccc(-n2c(O)c(C=NN3C(=O)c4cccc5cc(O)cc(c45)C3=O)c(=O)[nH]c2=O)cc1. The van der Waals surface area contributed by atoms with Crippen molar-refractivity contribution in [1.29, 1.82) is 0 Å². The number of aromatic amines is 1. The number of hydrazone groups is 1. The van der Waals surface area contributed by atoms with Crippen LogP contribution in [-0.2, 0) is 0 Å². The summed E-state index contributed by atoms with van der Waals surface area (Å²) in [5, 5.41) is 26.0. The van der Waals surface area contributed by atoms with Gasteiger partial charge in [-0.15, -0.1) is 0 Å². The van der Waals surface area contributed by atoms with Crippen LogP contribution in [0.25, 0.3) is 16.5 Å². The Hall–Kier alpha value is -5.19. The van der Waals surface area contributed by atoms with Gasteiger partial charge in [0.05, 0.1) is 29.6 Å². The Balaban J connectivity index is 1.57. The van der Waals surface area contributed by atoms with Crippen LogP contribution in [0.4, 0.5) is 0 Å². The number of nitrogens with one attached hydrogen (secondary N) is 1. The molecule has 0 fully saturated rings. The third-order valence-electron chi connectivity index (χ3n) is 5.64. The summed E-state index contributed by atoms with van der Waals surface area (Å²) < 4.78 is 6.20. The van der Waals surface area contributed by atoms with Gasteiger partial charge in [0.15, 0.2) is 0 Å². The molecular formula is C25H18N4O7. The molecule has 0 saturated carbocycles. The summed E-state index contributed by atoms with van der Waals surface area (Å²) >= 11 is 0. The van der Waals surface area contributed by atoms with Crippen LogP contribution >= 0.6 is 0 Å². The van der Waals surface area contributed by atoms with Gasteiger partial charge in [0.1, 0.15) is 17.1 Å². The largest absolute Gasteiger partial charge is 0.508 e. The standard InChI is InChI=1S/C25H18N4O7/c1-2-36-16-8-6-14(7-9-16)28-22(32)19(21(31)27-25(28)35)12-26-29-23(33)17-5-3-4-13-10-15(30)11-18(20(13)17)24(29)34/h3-12,30,32H,2H2,1H3,(H,27,31,35). The summed E-state index contributed by atoms with van der Waals surface area (Å²) in [7, 11) is 0. The van der Waals surface area contributed by atoms with E-state index in [0.717, 1.165) is 10.8 Å². The summed E-state index contributed by atoms with van der Waals surface area (Å²) in [5.41, 5.74) is -1.87. The smallest absolute Gasteiger partial charge is 0.335 e. The number of carbonyl (C=O) groups is 2. The third kappa shape index (κ3) is 3.59. The summed E-state index contributed by atoms with van der Waals surface area (Å²) in [6.07, 6.45) is 0.822. The summed E-state index contributed by atoms with van der Waals surface area (Å²) in [4.78, 5) is 53.1. The van der Waals surface area contributed by atoms with E-state index in [1.165, 1.54) is 30.3 Å². The zero-order chi connectivity index (χ0) is 25.6. The van der Waals surface area contributed by atoms with Gasteiger partial charge in [0.25, 0.3) is 17.4 Å². The summed E-state index contributed by atoms with van der Waals surface area (Å²) in [5.74, 6) is -1.95. The molecule has 11 nitrogen and oxygen atoms in total. The minimum absolute atomic E-state index is 0.0508. The molecule has 0 saturated heterocycles. The molecule has 2 amide bonds. The van der Waals surface area contributed by atoms with Crippen molar-refractivity contribution >= 4 is 28.8 Å². The molecule has 11 heteroatoms. The minimum Gasteiger partial charge on any atom is -0.508 e. The van der Waals surface area contributed by atoms with Gasteiger partial charge in [-0.3, -0.25) is 19.4 Å². The van der Waals surface area contributed by atoms with Crippen molar-refractivity contribution < 1.29 is 24.5 Å². The number of imide groups is 1. The molecule has 4 aromatic rings. The number of amides is 2. The molecule has 1 aliphatic rings. The molecule has 0 spiro atoms. The molecule has 180 valence electrons. The van der Waals surface area contributed by atoms with E-state index < -0.39 is 34.5 Å². The zero-order valence-corrected chi connectivity index (χ0v) is 18.8. The molecule has 36 heavy (non-hydrogen) atoms. The van der Waals surface area contributed by atoms with Crippen LogP contribution in [0.5, 0.6) is 17.4 Å². The summed E-state index contributed by atoms with van der Waals surface area (Å²) in [6, 6.07) is 13.6. The van der Waals surface area contributed by atoms with E-state index in [0.29, 0.717) is 28.1 Å². The number of ether oxygens (including phenoxy) is 1. The van der Waals surface area contributed by atoms with Crippen LogP contribution in [0.1, 0.15) is 33.2 Å². The first-order chi connectivity index (χ1) is 17.3. The van der Waals surface area contributed by atoms with Crippen LogP contribution in [0, 0.1) is 0 Å². The number of phenols is 1. The molecule has 1 aliphatic heterocycles. The number of hydrogen-bond acceptors (Lipinski definition) is 8. The first kappa shape index (κ1) is 22.6. The van der Waals surface area contributed by atoms with Crippen LogP contribution < -0.4 is 16.0 Å². The molecule has 0 radical (unpaired) electrons. The van der Waals surface area contributed by atoms with Gasteiger partial charge < -0.3 is 14.9 Å². The Morgan fingerprint density at radius 2 is 1.69 bits per heavy atom. The van der Waals surface area contributed by atoms with E-state index in [4.69, 9.17) is 4.74 Å². The molecule has 0 atom stereocenters. The molecule has 5 rings (SSSR count). The fourth-order valence-corrected chi connectivity index (χ4v) is 4.05. The molecular weight excluding hydrogens is 468 g/mol. The van der Waals surface area contributed by atoms with E-state index in [9.17, 15) is 29.4 Å². The van der Waals surface area contributed by atoms with Gasteiger partial charge in [-0.25, -0.2) is 9.36 Å². The second-order valence-electron chi connectivity index (χ2n) is 7.82. The first-order valence-electron chi connectivity index (χ1n) is 10.8.